The molecule has 0 aliphatic heterocycles. The fourth-order valence-electron chi connectivity index (χ4n) is 1.98. The minimum Gasteiger partial charge on any atom is -0.406 e. The van der Waals surface area contributed by atoms with Crippen molar-refractivity contribution in [2.45, 2.75) is 39.2 Å². The lowest BCUT2D eigenvalue weighted by Gasteiger charge is -2.21. The molecule has 0 radical (unpaired) electrons. The van der Waals surface area contributed by atoms with Gasteiger partial charge >= 0.3 is 6.36 Å². The second kappa shape index (κ2) is 8.70. The molecule has 3 N–H and O–H groups in total. The van der Waals surface area contributed by atoms with Crippen molar-refractivity contribution in [2.75, 3.05) is 18.9 Å². The first kappa shape index (κ1) is 20.8. The molecule has 0 saturated heterocycles. The molecule has 0 aromatic heterocycles. The largest absolute Gasteiger partial charge is 0.573 e. The van der Waals surface area contributed by atoms with Gasteiger partial charge in [-0.2, -0.15) is 0 Å². The van der Waals surface area contributed by atoms with E-state index in [1.54, 1.807) is 14.0 Å². The first-order valence-corrected chi connectivity index (χ1v) is 7.76. The maximum absolute atomic E-state index is 12.1. The summed E-state index contributed by atoms with van der Waals surface area (Å²) in [6.07, 6.45) is -4.76. The molecule has 1 unspecified atom stereocenters. The minimum absolute atomic E-state index is 0.00834. The Labute approximate surface area is 144 Å². The number of benzene rings is 1. The van der Waals surface area contributed by atoms with Crippen LogP contribution < -0.4 is 20.3 Å². The zero-order chi connectivity index (χ0) is 19.2. The third kappa shape index (κ3) is 7.88. The van der Waals surface area contributed by atoms with Crippen molar-refractivity contribution < 1.29 is 32.4 Å². The number of quaternary nitrogens is 1. The average molecular weight is 362 g/mol. The van der Waals surface area contributed by atoms with Crippen LogP contribution in [0.25, 0.3) is 0 Å². The van der Waals surface area contributed by atoms with Gasteiger partial charge in [-0.25, -0.2) is 0 Å². The summed E-state index contributed by atoms with van der Waals surface area (Å²) in [6.45, 7) is 5.44. The highest BCUT2D eigenvalue weighted by atomic mass is 19.4. The lowest BCUT2D eigenvalue weighted by Crippen LogP contribution is -3.15. The number of amides is 2. The second-order valence-corrected chi connectivity index (χ2v) is 6.03. The summed E-state index contributed by atoms with van der Waals surface area (Å²) >= 11 is 0. The van der Waals surface area contributed by atoms with Crippen LogP contribution in [0.3, 0.4) is 0 Å². The molecule has 0 bridgehead atoms. The smallest absolute Gasteiger partial charge is 0.406 e. The number of anilines is 1. The molecule has 0 heterocycles. The molecule has 2 atom stereocenters. The van der Waals surface area contributed by atoms with Gasteiger partial charge in [-0.3, -0.25) is 9.59 Å². The second-order valence-electron chi connectivity index (χ2n) is 6.03. The van der Waals surface area contributed by atoms with Gasteiger partial charge in [0, 0.05) is 11.7 Å². The Bertz CT molecular complexity index is 589. The molecule has 1 rings (SSSR count). The first-order valence-electron chi connectivity index (χ1n) is 7.76. The Morgan fingerprint density at radius 2 is 1.72 bits per heavy atom. The zero-order valence-corrected chi connectivity index (χ0v) is 14.5. The molecule has 0 spiro atoms. The van der Waals surface area contributed by atoms with Crippen LogP contribution in [0, 0.1) is 0 Å². The van der Waals surface area contributed by atoms with Crippen molar-refractivity contribution in [3.8, 4) is 5.75 Å². The number of carbonyl (C=O) groups is 2. The van der Waals surface area contributed by atoms with Crippen LogP contribution in [-0.2, 0) is 9.59 Å². The molecule has 2 amide bonds. The molecule has 1 aromatic carbocycles. The van der Waals surface area contributed by atoms with Crippen LogP contribution in [0.4, 0.5) is 18.9 Å². The van der Waals surface area contributed by atoms with Crippen molar-refractivity contribution in [1.29, 1.82) is 0 Å². The van der Waals surface area contributed by atoms with Gasteiger partial charge in [0.05, 0.1) is 7.05 Å². The van der Waals surface area contributed by atoms with E-state index in [2.05, 4.69) is 15.4 Å². The van der Waals surface area contributed by atoms with Crippen LogP contribution in [-0.4, -0.2) is 43.9 Å². The van der Waals surface area contributed by atoms with Gasteiger partial charge in [-0.05, 0) is 45.0 Å². The quantitative estimate of drug-likeness (QED) is 0.676. The highest BCUT2D eigenvalue weighted by Crippen LogP contribution is 2.23. The number of rotatable bonds is 7. The molecular weight excluding hydrogens is 339 g/mol. The normalized spacial score (nSPS) is 13.9. The summed E-state index contributed by atoms with van der Waals surface area (Å²) in [5.41, 5.74) is 0.339. The monoisotopic (exact) mass is 362 g/mol. The first-order chi connectivity index (χ1) is 11.5. The Hall–Kier alpha value is -2.29. The number of halogens is 3. The van der Waals surface area contributed by atoms with Crippen molar-refractivity contribution in [1.82, 2.24) is 5.32 Å². The van der Waals surface area contributed by atoms with Gasteiger partial charge in [0.25, 0.3) is 11.8 Å². The highest BCUT2D eigenvalue weighted by Gasteiger charge is 2.31. The molecule has 25 heavy (non-hydrogen) atoms. The molecule has 9 heteroatoms. The Kier molecular flexibility index (Phi) is 7.22. The van der Waals surface area contributed by atoms with Gasteiger partial charge in [0.2, 0.25) is 0 Å². The average Bonchev–Trinajstić information content (AvgIpc) is 2.46. The standard InChI is InChI=1S/C16H22F3N3O3/c1-10(2)20-15(24)11(3)22(4)9-14(23)21-12-5-7-13(8-6-12)25-16(17,18)19/h5-8,10-11H,9H2,1-4H3,(H,20,24)(H,21,23)/p+1/t11-/m1/s1. The van der Waals surface area contributed by atoms with Crippen molar-refractivity contribution >= 4 is 17.5 Å². The maximum atomic E-state index is 12.1. The van der Waals surface area contributed by atoms with E-state index in [1.807, 2.05) is 13.8 Å². The Balaban J connectivity index is 2.54. The maximum Gasteiger partial charge on any atom is 0.573 e. The SMILES string of the molecule is CC(C)NC(=O)[C@@H](C)[NH+](C)CC(=O)Nc1ccc(OC(F)(F)F)cc1. The van der Waals surface area contributed by atoms with Gasteiger partial charge in [0.1, 0.15) is 5.75 Å². The molecule has 6 nitrogen and oxygen atoms in total. The third-order valence-electron chi connectivity index (χ3n) is 3.37. The number of hydrogen-bond acceptors (Lipinski definition) is 3. The number of nitrogens with one attached hydrogen (secondary N) is 3. The fourth-order valence-corrected chi connectivity index (χ4v) is 1.98. The van der Waals surface area contributed by atoms with Gasteiger partial charge in [-0.15, -0.1) is 13.2 Å². The van der Waals surface area contributed by atoms with E-state index >= 15 is 0 Å². The highest BCUT2D eigenvalue weighted by molar-refractivity contribution is 5.91. The van der Waals surface area contributed by atoms with E-state index in [1.165, 1.54) is 12.1 Å². The topological polar surface area (TPSA) is 71.9 Å². The number of hydrogen-bond donors (Lipinski definition) is 3. The number of likely N-dealkylation sites (N-methyl/N-ethyl adjacent to an activating group) is 1. The predicted octanol–water partition coefficient (Wildman–Crippen LogP) is 0.951. The van der Waals surface area contributed by atoms with E-state index in [4.69, 9.17) is 0 Å². The molecule has 0 fully saturated rings. The van der Waals surface area contributed by atoms with Gasteiger partial charge in [0.15, 0.2) is 12.6 Å². The number of alkyl halides is 3. The van der Waals surface area contributed by atoms with Crippen molar-refractivity contribution in [2.24, 2.45) is 0 Å². The molecule has 140 valence electrons. The van der Waals surface area contributed by atoms with E-state index in [9.17, 15) is 22.8 Å². The summed E-state index contributed by atoms with van der Waals surface area (Å²) in [4.78, 5) is 24.6. The zero-order valence-electron chi connectivity index (χ0n) is 14.5. The van der Waals surface area contributed by atoms with E-state index in [0.29, 0.717) is 10.6 Å². The Morgan fingerprint density at radius 3 is 2.20 bits per heavy atom. The third-order valence-corrected chi connectivity index (χ3v) is 3.37. The van der Waals surface area contributed by atoms with Crippen LogP contribution in [0.5, 0.6) is 5.75 Å². The van der Waals surface area contributed by atoms with Crippen molar-refractivity contribution in [3.63, 3.8) is 0 Å². The predicted molar refractivity (Wildman–Crippen MR) is 86.2 cm³/mol. The van der Waals surface area contributed by atoms with Crippen LogP contribution in [0.2, 0.25) is 0 Å². The van der Waals surface area contributed by atoms with Gasteiger partial charge < -0.3 is 20.3 Å². The summed E-state index contributed by atoms with van der Waals surface area (Å²) < 4.78 is 40.0. The summed E-state index contributed by atoms with van der Waals surface area (Å²) in [7, 11) is 1.71. The summed E-state index contributed by atoms with van der Waals surface area (Å²) in [6, 6.07) is 4.42. The molecule has 1 aromatic rings. The summed E-state index contributed by atoms with van der Waals surface area (Å²) in [5.74, 6) is -0.882. The van der Waals surface area contributed by atoms with E-state index in [-0.39, 0.29) is 30.2 Å². The van der Waals surface area contributed by atoms with Crippen molar-refractivity contribution in [3.05, 3.63) is 24.3 Å². The minimum atomic E-state index is -4.76. The fraction of sp³-hybridized carbons (Fsp3) is 0.500. The summed E-state index contributed by atoms with van der Waals surface area (Å²) in [5, 5.41) is 5.34. The molecule has 0 aliphatic rings. The van der Waals surface area contributed by atoms with E-state index < -0.39 is 12.4 Å². The number of carbonyl (C=O) groups excluding carboxylic acids is 2. The number of ether oxygens (including phenoxy) is 1. The lowest BCUT2D eigenvalue weighted by molar-refractivity contribution is -0.885. The van der Waals surface area contributed by atoms with Gasteiger partial charge in [-0.1, -0.05) is 0 Å². The molecule has 0 aliphatic carbocycles. The van der Waals surface area contributed by atoms with Crippen LogP contribution in [0.15, 0.2) is 24.3 Å². The van der Waals surface area contributed by atoms with E-state index in [0.717, 1.165) is 12.1 Å². The molecular formula is C16H23F3N3O3+. The van der Waals surface area contributed by atoms with Crippen LogP contribution >= 0.6 is 0 Å². The molecule has 0 saturated carbocycles. The Morgan fingerprint density at radius 1 is 1.16 bits per heavy atom. The lowest BCUT2D eigenvalue weighted by atomic mass is 10.2. The van der Waals surface area contributed by atoms with Crippen LogP contribution in [0.1, 0.15) is 20.8 Å².